The van der Waals surface area contributed by atoms with E-state index in [1.807, 2.05) is 0 Å². The predicted octanol–water partition coefficient (Wildman–Crippen LogP) is -0.772. The normalized spacial score (nSPS) is 14.7. The van der Waals surface area contributed by atoms with Gasteiger partial charge in [0.05, 0.1) is 6.61 Å². The highest BCUT2D eigenvalue weighted by molar-refractivity contribution is 5.76. The third-order valence-corrected chi connectivity index (χ3v) is 1.46. The molecular weight excluding hydrogens is 197 g/mol. The maximum atomic E-state index is 11.6. The number of aliphatic carboxylic acids is 2. The van der Waals surface area contributed by atoms with E-state index in [1.165, 1.54) is 0 Å². The fourth-order valence-corrected chi connectivity index (χ4v) is 0.758. The molecule has 0 aromatic rings. The summed E-state index contributed by atoms with van der Waals surface area (Å²) in [4.78, 5) is 20.8. The Morgan fingerprint density at radius 3 is 2.29 bits per heavy atom. The van der Waals surface area contributed by atoms with Crippen molar-refractivity contribution in [3.63, 3.8) is 0 Å². The maximum absolute atomic E-state index is 11.6. The van der Waals surface area contributed by atoms with Gasteiger partial charge in [0.2, 0.25) is 0 Å². The lowest BCUT2D eigenvalue weighted by atomic mass is 10.1. The molecule has 0 aliphatic heterocycles. The van der Waals surface area contributed by atoms with E-state index in [-0.39, 0.29) is 13.0 Å². The van der Waals surface area contributed by atoms with Gasteiger partial charge in [0.25, 0.3) is 0 Å². The average Bonchev–Trinajstić information content (AvgIpc) is 2.10. The molecule has 0 fully saturated rings. The van der Waals surface area contributed by atoms with Crippen molar-refractivity contribution >= 4 is 11.9 Å². The van der Waals surface area contributed by atoms with Crippen LogP contribution in [0, 0.1) is 0 Å². The molecule has 6 nitrogen and oxygen atoms in total. The molecule has 0 aliphatic carbocycles. The van der Waals surface area contributed by atoms with Crippen molar-refractivity contribution in [3.05, 3.63) is 0 Å². The monoisotopic (exact) mass is 209 g/mol. The van der Waals surface area contributed by atoms with E-state index in [1.54, 1.807) is 0 Å². The molecule has 0 saturated heterocycles. The van der Waals surface area contributed by atoms with Crippen molar-refractivity contribution in [1.29, 1.82) is 0 Å². The van der Waals surface area contributed by atoms with Crippen LogP contribution in [0.3, 0.4) is 0 Å². The Labute approximate surface area is 79.5 Å². The van der Waals surface area contributed by atoms with Gasteiger partial charge in [0, 0.05) is 6.42 Å². The number of nitrogens with two attached hydrogens (primary N) is 1. The molecule has 0 aromatic carbocycles. The summed E-state index contributed by atoms with van der Waals surface area (Å²) in [6.45, 7) is -1.21. The second-order valence-corrected chi connectivity index (χ2v) is 2.57. The summed E-state index contributed by atoms with van der Waals surface area (Å²) in [5, 5.41) is 16.9. The van der Waals surface area contributed by atoms with E-state index in [0.717, 1.165) is 0 Å². The van der Waals surface area contributed by atoms with Gasteiger partial charge >= 0.3 is 11.9 Å². The van der Waals surface area contributed by atoms with Gasteiger partial charge < -0.3 is 20.7 Å². The smallest absolute Gasteiger partial charge is 0.332 e. The zero-order valence-corrected chi connectivity index (χ0v) is 7.35. The highest BCUT2D eigenvalue weighted by Gasteiger charge is 2.24. The van der Waals surface area contributed by atoms with Gasteiger partial charge in [-0.1, -0.05) is 0 Å². The summed E-state index contributed by atoms with van der Waals surface area (Å²) in [7, 11) is 0. The molecule has 0 unspecified atom stereocenters. The molecule has 0 rings (SSSR count). The van der Waals surface area contributed by atoms with Crippen LogP contribution < -0.4 is 5.73 Å². The summed E-state index contributed by atoms with van der Waals surface area (Å²) in [5.74, 6) is -2.67. The molecule has 4 N–H and O–H groups in total. The van der Waals surface area contributed by atoms with Crippen LogP contribution in [-0.2, 0) is 14.3 Å². The Morgan fingerprint density at radius 2 is 1.93 bits per heavy atom. The molecule has 0 aromatic heterocycles. The van der Waals surface area contributed by atoms with Crippen LogP contribution in [0.25, 0.3) is 0 Å². The van der Waals surface area contributed by atoms with Gasteiger partial charge in [-0.25, -0.2) is 9.18 Å². The van der Waals surface area contributed by atoms with E-state index >= 15 is 0 Å². The molecule has 0 radical (unpaired) electrons. The minimum Gasteiger partial charge on any atom is -0.480 e. The standard InChI is InChI=1S/C7H12FNO5/c8-1-2-14-5(7(12)13)3-4(9)6(10)11/h4-5H,1-3,9H2,(H,10,11)(H,12,13)/t4-,5-/m0/s1. The Bertz CT molecular complexity index is 210. The van der Waals surface area contributed by atoms with Gasteiger partial charge in [0.1, 0.15) is 12.7 Å². The van der Waals surface area contributed by atoms with Crippen molar-refractivity contribution in [3.8, 4) is 0 Å². The Hall–Kier alpha value is -1.21. The van der Waals surface area contributed by atoms with E-state index in [2.05, 4.69) is 4.74 Å². The molecule has 7 heteroatoms. The average molecular weight is 209 g/mol. The lowest BCUT2D eigenvalue weighted by Gasteiger charge is -2.14. The summed E-state index contributed by atoms with van der Waals surface area (Å²) < 4.78 is 16.2. The molecular formula is C7H12FNO5. The Morgan fingerprint density at radius 1 is 1.36 bits per heavy atom. The summed E-state index contributed by atoms with van der Waals surface area (Å²) in [6, 6.07) is -1.32. The third kappa shape index (κ3) is 4.73. The van der Waals surface area contributed by atoms with Crippen molar-refractivity contribution in [2.45, 2.75) is 18.6 Å². The quantitative estimate of drug-likeness (QED) is 0.507. The van der Waals surface area contributed by atoms with Gasteiger partial charge in [-0.05, 0) is 0 Å². The second kappa shape index (κ2) is 6.28. The predicted molar refractivity (Wildman–Crippen MR) is 43.6 cm³/mol. The van der Waals surface area contributed by atoms with E-state index in [0.29, 0.717) is 0 Å². The highest BCUT2D eigenvalue weighted by Crippen LogP contribution is 2.02. The van der Waals surface area contributed by atoms with Crippen LogP contribution in [0.1, 0.15) is 6.42 Å². The van der Waals surface area contributed by atoms with Crippen LogP contribution in [-0.4, -0.2) is 47.6 Å². The number of carboxylic acid groups (broad SMARTS) is 2. The van der Waals surface area contributed by atoms with Gasteiger partial charge in [-0.3, -0.25) is 4.79 Å². The topological polar surface area (TPSA) is 110 Å². The van der Waals surface area contributed by atoms with Crippen molar-refractivity contribution in [1.82, 2.24) is 0 Å². The van der Waals surface area contributed by atoms with Gasteiger partial charge in [-0.2, -0.15) is 0 Å². The second-order valence-electron chi connectivity index (χ2n) is 2.57. The van der Waals surface area contributed by atoms with Crippen molar-refractivity contribution in [2.24, 2.45) is 5.73 Å². The molecule has 82 valence electrons. The number of carboxylic acids is 2. The molecule has 0 saturated carbocycles. The zero-order chi connectivity index (χ0) is 11.1. The number of halogens is 1. The minimum atomic E-state index is -1.38. The number of carbonyl (C=O) groups is 2. The number of ether oxygens (including phenoxy) is 1. The van der Waals surface area contributed by atoms with E-state index in [9.17, 15) is 14.0 Å². The molecule has 14 heavy (non-hydrogen) atoms. The number of hydrogen-bond donors (Lipinski definition) is 3. The van der Waals surface area contributed by atoms with Crippen LogP contribution in [0.5, 0.6) is 0 Å². The van der Waals surface area contributed by atoms with Crippen LogP contribution in [0.15, 0.2) is 0 Å². The molecule has 0 bridgehead atoms. The first-order valence-electron chi connectivity index (χ1n) is 3.87. The van der Waals surface area contributed by atoms with E-state index < -0.39 is 30.8 Å². The molecule has 2 atom stereocenters. The number of hydrogen-bond acceptors (Lipinski definition) is 4. The maximum Gasteiger partial charge on any atom is 0.332 e. The SMILES string of the molecule is N[C@@H](C[C@H](OCCF)C(=O)O)C(=O)O. The van der Waals surface area contributed by atoms with E-state index in [4.69, 9.17) is 15.9 Å². The van der Waals surface area contributed by atoms with Crippen LogP contribution in [0.2, 0.25) is 0 Å². The number of alkyl halides is 1. The van der Waals surface area contributed by atoms with Crippen molar-refractivity contribution < 1.29 is 28.9 Å². The zero-order valence-electron chi connectivity index (χ0n) is 7.35. The fraction of sp³-hybridized carbons (Fsp3) is 0.714. The Kier molecular flexibility index (Phi) is 5.73. The summed E-state index contributed by atoms with van der Waals surface area (Å²) >= 11 is 0. The highest BCUT2D eigenvalue weighted by atomic mass is 19.1. The Balaban J connectivity index is 4.08. The first-order valence-corrected chi connectivity index (χ1v) is 3.87. The lowest BCUT2D eigenvalue weighted by molar-refractivity contribution is -0.152. The van der Waals surface area contributed by atoms with Crippen LogP contribution in [0.4, 0.5) is 4.39 Å². The fourth-order valence-electron chi connectivity index (χ4n) is 0.758. The lowest BCUT2D eigenvalue weighted by Crippen LogP contribution is -2.38. The molecule has 0 spiro atoms. The summed E-state index contributed by atoms with van der Waals surface area (Å²) in [6.07, 6.45) is -1.76. The first-order chi connectivity index (χ1) is 6.49. The van der Waals surface area contributed by atoms with Gasteiger partial charge in [0.15, 0.2) is 6.10 Å². The van der Waals surface area contributed by atoms with Crippen molar-refractivity contribution in [2.75, 3.05) is 13.3 Å². The van der Waals surface area contributed by atoms with Gasteiger partial charge in [-0.15, -0.1) is 0 Å². The largest absolute Gasteiger partial charge is 0.480 e. The third-order valence-electron chi connectivity index (χ3n) is 1.46. The molecule has 0 amide bonds. The van der Waals surface area contributed by atoms with Crippen LogP contribution >= 0.6 is 0 Å². The summed E-state index contributed by atoms with van der Waals surface area (Å²) in [5.41, 5.74) is 5.09. The minimum absolute atomic E-state index is 0.384. The number of rotatable bonds is 7. The molecule has 0 heterocycles. The molecule has 0 aliphatic rings. The first kappa shape index (κ1) is 12.8.